The van der Waals surface area contributed by atoms with Crippen LogP contribution in [0.5, 0.6) is 0 Å². The number of nitrogens with one attached hydrogen (secondary N) is 1. The van der Waals surface area contributed by atoms with Crippen LogP contribution in [0.25, 0.3) is 0 Å². The Kier molecular flexibility index (Phi) is 5.69. The van der Waals surface area contributed by atoms with Crippen LogP contribution in [-0.4, -0.2) is 40.9 Å². The van der Waals surface area contributed by atoms with Gasteiger partial charge in [-0.3, -0.25) is 4.68 Å². The maximum Gasteiger partial charge on any atom is 0.0834 e. The first-order valence-electron chi connectivity index (χ1n) is 8.18. The SMILES string of the molecule is CCNC(c1c(Cl)cnn1CC)C1(N(C)C)CCCCC1. The zero-order chi connectivity index (χ0) is 15.5. The van der Waals surface area contributed by atoms with Crippen LogP contribution in [-0.2, 0) is 6.54 Å². The first-order chi connectivity index (χ1) is 10.1. The lowest BCUT2D eigenvalue weighted by molar-refractivity contribution is 0.0537. The quantitative estimate of drug-likeness (QED) is 0.873. The topological polar surface area (TPSA) is 33.1 Å². The van der Waals surface area contributed by atoms with Crippen LogP contribution in [0.3, 0.4) is 0 Å². The van der Waals surface area contributed by atoms with E-state index in [1.54, 1.807) is 6.20 Å². The van der Waals surface area contributed by atoms with Crippen molar-refractivity contribution >= 4 is 11.6 Å². The van der Waals surface area contributed by atoms with E-state index in [2.05, 4.69) is 47.9 Å². The van der Waals surface area contributed by atoms with Crippen molar-refractivity contribution in [1.29, 1.82) is 0 Å². The van der Waals surface area contributed by atoms with Gasteiger partial charge >= 0.3 is 0 Å². The van der Waals surface area contributed by atoms with E-state index >= 15 is 0 Å². The van der Waals surface area contributed by atoms with E-state index in [0.717, 1.165) is 23.8 Å². The van der Waals surface area contributed by atoms with Crippen LogP contribution in [0.2, 0.25) is 5.02 Å². The second kappa shape index (κ2) is 7.12. The van der Waals surface area contributed by atoms with E-state index in [9.17, 15) is 0 Å². The molecule has 1 atom stereocenters. The van der Waals surface area contributed by atoms with Crippen LogP contribution in [0, 0.1) is 0 Å². The van der Waals surface area contributed by atoms with E-state index < -0.39 is 0 Å². The Labute approximate surface area is 133 Å². The summed E-state index contributed by atoms with van der Waals surface area (Å²) in [7, 11) is 4.41. The molecule has 0 radical (unpaired) electrons. The van der Waals surface area contributed by atoms with Gasteiger partial charge in [-0.15, -0.1) is 0 Å². The molecular formula is C16H29ClN4. The summed E-state index contributed by atoms with van der Waals surface area (Å²) in [5.74, 6) is 0. The number of aromatic nitrogens is 2. The normalized spacial score (nSPS) is 19.9. The van der Waals surface area contributed by atoms with E-state index in [1.807, 2.05) is 0 Å². The molecule has 2 rings (SSSR count). The van der Waals surface area contributed by atoms with Gasteiger partial charge in [0.2, 0.25) is 0 Å². The van der Waals surface area contributed by atoms with Crippen LogP contribution in [0.4, 0.5) is 0 Å². The Hall–Kier alpha value is -0.580. The van der Waals surface area contributed by atoms with Gasteiger partial charge in [0.25, 0.3) is 0 Å². The van der Waals surface area contributed by atoms with Crippen LogP contribution < -0.4 is 5.32 Å². The summed E-state index contributed by atoms with van der Waals surface area (Å²) >= 11 is 6.50. The van der Waals surface area contributed by atoms with E-state index in [0.29, 0.717) is 0 Å². The largest absolute Gasteiger partial charge is 0.307 e. The smallest absolute Gasteiger partial charge is 0.0834 e. The molecule has 120 valence electrons. The zero-order valence-electron chi connectivity index (χ0n) is 13.8. The Morgan fingerprint density at radius 2 is 2.00 bits per heavy atom. The molecule has 21 heavy (non-hydrogen) atoms. The number of halogens is 1. The molecule has 0 amide bonds. The van der Waals surface area contributed by atoms with Crippen LogP contribution in [0.15, 0.2) is 6.20 Å². The highest BCUT2D eigenvalue weighted by Crippen LogP contribution is 2.43. The van der Waals surface area contributed by atoms with Gasteiger partial charge in [0.1, 0.15) is 0 Å². The van der Waals surface area contributed by atoms with Gasteiger partial charge in [0.05, 0.1) is 23.0 Å². The number of hydrogen-bond acceptors (Lipinski definition) is 3. The Balaban J connectivity index is 2.47. The summed E-state index contributed by atoms with van der Waals surface area (Å²) in [5.41, 5.74) is 1.28. The molecule has 4 nitrogen and oxygen atoms in total. The molecule has 1 heterocycles. The van der Waals surface area contributed by atoms with E-state index in [4.69, 9.17) is 11.6 Å². The van der Waals surface area contributed by atoms with Gasteiger partial charge in [-0.2, -0.15) is 5.10 Å². The third-order valence-corrected chi connectivity index (χ3v) is 5.25. The molecule has 5 heteroatoms. The van der Waals surface area contributed by atoms with Crippen molar-refractivity contribution < 1.29 is 0 Å². The predicted octanol–water partition coefficient (Wildman–Crippen LogP) is 3.47. The molecule has 0 bridgehead atoms. The lowest BCUT2D eigenvalue weighted by Crippen LogP contribution is -2.55. The minimum atomic E-state index is 0.130. The molecule has 1 aromatic rings. The van der Waals surface area contributed by atoms with Gasteiger partial charge < -0.3 is 10.2 Å². The number of rotatable bonds is 6. The van der Waals surface area contributed by atoms with Crippen LogP contribution in [0.1, 0.15) is 57.7 Å². The fraction of sp³-hybridized carbons (Fsp3) is 0.812. The number of nitrogens with zero attached hydrogens (tertiary/aromatic N) is 3. The molecule has 0 aromatic carbocycles. The molecule has 1 N–H and O–H groups in total. The third kappa shape index (κ3) is 3.13. The van der Waals surface area contributed by atoms with Crippen molar-refractivity contribution in [2.45, 2.75) is 64.1 Å². The first-order valence-corrected chi connectivity index (χ1v) is 8.56. The summed E-state index contributed by atoms with van der Waals surface area (Å²) in [6.45, 7) is 6.08. The van der Waals surface area contributed by atoms with Gasteiger partial charge in [0, 0.05) is 12.1 Å². The molecule has 1 unspecified atom stereocenters. The average molecular weight is 313 g/mol. The molecule has 1 fully saturated rings. The lowest BCUT2D eigenvalue weighted by Gasteiger charge is -2.49. The van der Waals surface area contributed by atoms with Crippen molar-refractivity contribution in [3.8, 4) is 0 Å². The third-order valence-electron chi connectivity index (χ3n) is 4.96. The van der Waals surface area contributed by atoms with Crippen LogP contribution >= 0.6 is 11.6 Å². The molecule has 1 aliphatic rings. The monoisotopic (exact) mass is 312 g/mol. The summed E-state index contributed by atoms with van der Waals surface area (Å²) in [4.78, 5) is 2.41. The Morgan fingerprint density at radius 3 is 2.52 bits per heavy atom. The molecule has 1 aromatic heterocycles. The maximum absolute atomic E-state index is 6.50. The Bertz CT molecular complexity index is 449. The van der Waals surface area contributed by atoms with Crippen molar-refractivity contribution in [3.63, 3.8) is 0 Å². The fourth-order valence-electron chi connectivity index (χ4n) is 3.81. The number of likely N-dealkylation sites (N-methyl/N-ethyl adjacent to an activating group) is 2. The maximum atomic E-state index is 6.50. The van der Waals surface area contributed by atoms with Gasteiger partial charge in [0.15, 0.2) is 0 Å². The van der Waals surface area contributed by atoms with Gasteiger partial charge in [-0.1, -0.05) is 37.8 Å². The molecule has 0 aliphatic heterocycles. The summed E-state index contributed by atoms with van der Waals surface area (Å²) in [6.07, 6.45) is 8.13. The second-order valence-electron chi connectivity index (χ2n) is 6.24. The zero-order valence-corrected chi connectivity index (χ0v) is 14.6. The highest BCUT2D eigenvalue weighted by Gasteiger charge is 2.44. The standard InChI is InChI=1S/C16H29ClN4/c1-5-18-15(14-13(17)12-19-21(14)6-2)16(20(3)4)10-8-7-9-11-16/h12,15,18H,5-11H2,1-4H3. The van der Waals surface area contributed by atoms with Crippen molar-refractivity contribution in [1.82, 2.24) is 20.0 Å². The van der Waals surface area contributed by atoms with Crippen molar-refractivity contribution in [2.75, 3.05) is 20.6 Å². The molecule has 0 spiro atoms. The van der Waals surface area contributed by atoms with E-state index in [-0.39, 0.29) is 11.6 Å². The fourth-order valence-corrected chi connectivity index (χ4v) is 4.06. The van der Waals surface area contributed by atoms with Gasteiger partial charge in [-0.25, -0.2) is 0 Å². The highest BCUT2D eigenvalue weighted by molar-refractivity contribution is 6.31. The minimum Gasteiger partial charge on any atom is -0.307 e. The van der Waals surface area contributed by atoms with Gasteiger partial charge in [-0.05, 0) is 40.4 Å². The van der Waals surface area contributed by atoms with E-state index in [1.165, 1.54) is 32.1 Å². The molecular weight excluding hydrogens is 284 g/mol. The number of hydrogen-bond donors (Lipinski definition) is 1. The molecule has 0 saturated heterocycles. The minimum absolute atomic E-state index is 0.130. The second-order valence-corrected chi connectivity index (χ2v) is 6.65. The summed E-state index contributed by atoms with van der Waals surface area (Å²) in [6, 6.07) is 0.229. The summed E-state index contributed by atoms with van der Waals surface area (Å²) < 4.78 is 2.05. The number of aryl methyl sites for hydroxylation is 1. The molecule has 1 aliphatic carbocycles. The first kappa shape index (κ1) is 16.8. The molecule has 1 saturated carbocycles. The summed E-state index contributed by atoms with van der Waals surface area (Å²) in [5, 5.41) is 8.94. The predicted molar refractivity (Wildman–Crippen MR) is 88.8 cm³/mol. The highest BCUT2D eigenvalue weighted by atomic mass is 35.5. The van der Waals surface area contributed by atoms with Crippen molar-refractivity contribution in [2.24, 2.45) is 0 Å². The lowest BCUT2D eigenvalue weighted by atomic mass is 9.74. The van der Waals surface area contributed by atoms with Crippen molar-refractivity contribution in [3.05, 3.63) is 16.9 Å². The average Bonchev–Trinajstić information content (AvgIpc) is 2.86. The Morgan fingerprint density at radius 1 is 1.33 bits per heavy atom.